The molecule has 1 N–H and O–H groups in total. The second-order valence-electron chi connectivity index (χ2n) is 7.70. The molecule has 1 fully saturated rings. The van der Waals surface area contributed by atoms with Gasteiger partial charge in [0, 0.05) is 33.4 Å². The molecule has 6 nitrogen and oxygen atoms in total. The zero-order chi connectivity index (χ0) is 20.7. The SMILES string of the molecule is C[C@H]1C[C@@](C(=O)N(C)C)(c2ccc(C(F)(F)F)cc2)C[C@@H](c2cn(C)nn2)N1. The highest BCUT2D eigenvalue weighted by atomic mass is 19.4. The van der Waals surface area contributed by atoms with Crippen LogP contribution in [0.25, 0.3) is 0 Å². The van der Waals surface area contributed by atoms with Gasteiger partial charge in [-0.2, -0.15) is 13.2 Å². The molecule has 0 aliphatic carbocycles. The third kappa shape index (κ3) is 3.76. The molecule has 3 rings (SSSR count). The van der Waals surface area contributed by atoms with Gasteiger partial charge < -0.3 is 10.2 Å². The quantitative estimate of drug-likeness (QED) is 0.868. The first-order valence-electron chi connectivity index (χ1n) is 9.05. The predicted molar refractivity (Wildman–Crippen MR) is 97.4 cm³/mol. The summed E-state index contributed by atoms with van der Waals surface area (Å²) in [4.78, 5) is 14.8. The average molecular weight is 395 g/mol. The number of likely N-dealkylation sites (N-methyl/N-ethyl adjacent to an activating group) is 1. The number of hydrogen-bond acceptors (Lipinski definition) is 4. The molecule has 28 heavy (non-hydrogen) atoms. The lowest BCUT2D eigenvalue weighted by Crippen LogP contribution is -2.54. The zero-order valence-electron chi connectivity index (χ0n) is 16.3. The Morgan fingerprint density at radius 2 is 1.89 bits per heavy atom. The number of alkyl halides is 3. The summed E-state index contributed by atoms with van der Waals surface area (Å²) in [5, 5.41) is 11.6. The fraction of sp³-hybridized carbons (Fsp3) is 0.526. The number of hydrogen-bond donors (Lipinski definition) is 1. The van der Waals surface area contributed by atoms with Gasteiger partial charge in [0.15, 0.2) is 0 Å². The van der Waals surface area contributed by atoms with Crippen molar-refractivity contribution < 1.29 is 18.0 Å². The molecule has 0 unspecified atom stereocenters. The topological polar surface area (TPSA) is 63.1 Å². The molecule has 0 radical (unpaired) electrons. The van der Waals surface area contributed by atoms with E-state index in [4.69, 9.17) is 0 Å². The van der Waals surface area contributed by atoms with Crippen molar-refractivity contribution in [3.8, 4) is 0 Å². The van der Waals surface area contributed by atoms with Gasteiger partial charge in [-0.1, -0.05) is 17.3 Å². The largest absolute Gasteiger partial charge is 0.416 e. The minimum Gasteiger partial charge on any atom is -0.348 e. The second kappa shape index (κ2) is 7.20. The number of halogens is 3. The van der Waals surface area contributed by atoms with Gasteiger partial charge in [-0.15, -0.1) is 5.10 Å². The fourth-order valence-corrected chi connectivity index (χ4v) is 4.07. The van der Waals surface area contributed by atoms with E-state index in [1.807, 2.05) is 6.92 Å². The van der Waals surface area contributed by atoms with E-state index in [1.54, 1.807) is 32.0 Å². The number of piperidine rings is 1. The summed E-state index contributed by atoms with van der Waals surface area (Å²) in [5.41, 5.74) is -0.380. The molecule has 2 heterocycles. The van der Waals surface area contributed by atoms with Gasteiger partial charge in [0.1, 0.15) is 0 Å². The minimum atomic E-state index is -4.42. The van der Waals surface area contributed by atoms with Gasteiger partial charge in [0.25, 0.3) is 0 Å². The van der Waals surface area contributed by atoms with E-state index in [9.17, 15) is 18.0 Å². The Morgan fingerprint density at radius 1 is 1.25 bits per heavy atom. The molecule has 1 aliphatic rings. The number of benzene rings is 1. The van der Waals surface area contributed by atoms with Crippen molar-refractivity contribution in [3.63, 3.8) is 0 Å². The lowest BCUT2D eigenvalue weighted by Gasteiger charge is -2.44. The highest BCUT2D eigenvalue weighted by Gasteiger charge is 2.48. The summed E-state index contributed by atoms with van der Waals surface area (Å²) in [6.07, 6.45) is -1.77. The number of nitrogens with one attached hydrogen (secondary N) is 1. The zero-order valence-corrected chi connectivity index (χ0v) is 16.3. The van der Waals surface area contributed by atoms with Crippen LogP contribution in [0.4, 0.5) is 13.2 Å². The molecule has 9 heteroatoms. The molecule has 152 valence electrons. The van der Waals surface area contributed by atoms with Crippen molar-refractivity contribution in [2.45, 2.75) is 43.4 Å². The number of amides is 1. The fourth-order valence-electron chi connectivity index (χ4n) is 4.07. The first kappa shape index (κ1) is 20.3. The van der Waals surface area contributed by atoms with Crippen LogP contribution in [0.15, 0.2) is 30.5 Å². The van der Waals surface area contributed by atoms with E-state index >= 15 is 0 Å². The second-order valence-corrected chi connectivity index (χ2v) is 7.70. The monoisotopic (exact) mass is 395 g/mol. The summed E-state index contributed by atoms with van der Waals surface area (Å²) in [5.74, 6) is -0.130. The van der Waals surface area contributed by atoms with E-state index in [2.05, 4.69) is 15.6 Å². The average Bonchev–Trinajstić information content (AvgIpc) is 3.06. The maximum atomic E-state index is 13.3. The smallest absolute Gasteiger partial charge is 0.348 e. The van der Waals surface area contributed by atoms with Gasteiger partial charge in [-0.3, -0.25) is 9.48 Å². The van der Waals surface area contributed by atoms with Crippen LogP contribution in [-0.2, 0) is 23.4 Å². The number of aromatic nitrogens is 3. The minimum absolute atomic E-state index is 0.0352. The molecule has 1 aromatic heterocycles. The van der Waals surface area contributed by atoms with E-state index in [0.29, 0.717) is 24.1 Å². The molecular formula is C19H24F3N5O. The third-order valence-corrected chi connectivity index (χ3v) is 5.25. The predicted octanol–water partition coefficient (Wildman–Crippen LogP) is 2.67. The Morgan fingerprint density at radius 3 is 2.39 bits per heavy atom. The van der Waals surface area contributed by atoms with Crippen molar-refractivity contribution in [1.82, 2.24) is 25.2 Å². The number of carbonyl (C=O) groups excluding carboxylic acids is 1. The van der Waals surface area contributed by atoms with E-state index < -0.39 is 17.2 Å². The molecule has 1 saturated heterocycles. The Labute approximate surface area is 161 Å². The van der Waals surface area contributed by atoms with Crippen molar-refractivity contribution in [2.24, 2.45) is 7.05 Å². The maximum absolute atomic E-state index is 13.3. The molecule has 1 amide bonds. The summed E-state index contributed by atoms with van der Waals surface area (Å²) in [6, 6.07) is 4.68. The number of carbonyl (C=O) groups is 1. The highest BCUT2D eigenvalue weighted by molar-refractivity contribution is 5.88. The lowest BCUT2D eigenvalue weighted by atomic mass is 9.67. The molecular weight excluding hydrogens is 371 g/mol. The Bertz CT molecular complexity index is 846. The third-order valence-electron chi connectivity index (χ3n) is 5.25. The van der Waals surface area contributed by atoms with Crippen molar-refractivity contribution in [1.29, 1.82) is 0 Å². The highest BCUT2D eigenvalue weighted by Crippen LogP contribution is 2.43. The Hall–Kier alpha value is -2.42. The molecule has 0 spiro atoms. The van der Waals surface area contributed by atoms with Crippen LogP contribution in [0, 0.1) is 0 Å². The normalized spacial score (nSPS) is 25.5. The van der Waals surface area contributed by atoms with Crippen LogP contribution in [0.2, 0.25) is 0 Å². The summed E-state index contributed by atoms with van der Waals surface area (Å²) >= 11 is 0. The first-order chi connectivity index (χ1) is 13.0. The number of rotatable bonds is 3. The van der Waals surface area contributed by atoms with E-state index in [-0.39, 0.29) is 18.0 Å². The van der Waals surface area contributed by atoms with Crippen LogP contribution in [0.5, 0.6) is 0 Å². The first-order valence-corrected chi connectivity index (χ1v) is 9.05. The van der Waals surface area contributed by atoms with Crippen molar-refractivity contribution in [3.05, 3.63) is 47.3 Å². The standard InChI is InChI=1S/C19H24F3N5O/c1-12-9-18(17(28)26(2)3,10-15(23-12)16-11-27(4)25-24-16)13-5-7-14(8-6-13)19(20,21)22/h5-8,11-12,15,23H,9-10H2,1-4H3/t12-,15-,18-/m0/s1. The van der Waals surface area contributed by atoms with E-state index in [0.717, 1.165) is 12.1 Å². The van der Waals surface area contributed by atoms with Crippen LogP contribution >= 0.6 is 0 Å². The van der Waals surface area contributed by atoms with Crippen molar-refractivity contribution in [2.75, 3.05) is 14.1 Å². The Balaban J connectivity index is 2.06. The molecule has 1 aromatic carbocycles. The van der Waals surface area contributed by atoms with Crippen LogP contribution in [0.1, 0.15) is 42.6 Å². The van der Waals surface area contributed by atoms with Gasteiger partial charge >= 0.3 is 6.18 Å². The van der Waals surface area contributed by atoms with Gasteiger partial charge in [0.05, 0.1) is 22.7 Å². The van der Waals surface area contributed by atoms with Crippen LogP contribution in [0.3, 0.4) is 0 Å². The Kier molecular flexibility index (Phi) is 5.22. The van der Waals surface area contributed by atoms with E-state index in [1.165, 1.54) is 17.0 Å². The molecule has 1 aliphatic heterocycles. The molecule has 2 aromatic rings. The summed E-state index contributed by atoms with van der Waals surface area (Å²) in [7, 11) is 5.09. The van der Waals surface area contributed by atoms with Crippen molar-refractivity contribution >= 4 is 5.91 Å². The summed E-state index contributed by atoms with van der Waals surface area (Å²) < 4.78 is 40.6. The molecule has 0 saturated carbocycles. The van der Waals surface area contributed by atoms with Gasteiger partial charge in [0.2, 0.25) is 5.91 Å². The molecule has 3 atom stereocenters. The maximum Gasteiger partial charge on any atom is 0.416 e. The van der Waals surface area contributed by atoms with Crippen LogP contribution < -0.4 is 5.32 Å². The number of aryl methyl sites for hydroxylation is 1. The number of nitrogens with zero attached hydrogens (tertiary/aromatic N) is 4. The van der Waals surface area contributed by atoms with Crippen LogP contribution in [-0.4, -0.2) is 45.9 Å². The van der Waals surface area contributed by atoms with Gasteiger partial charge in [-0.25, -0.2) is 0 Å². The lowest BCUT2D eigenvalue weighted by molar-refractivity contribution is -0.137. The van der Waals surface area contributed by atoms with Gasteiger partial charge in [-0.05, 0) is 37.5 Å². The summed E-state index contributed by atoms with van der Waals surface area (Å²) in [6.45, 7) is 1.96. The molecule has 0 bridgehead atoms.